The van der Waals surface area contributed by atoms with Crippen molar-refractivity contribution in [3.63, 3.8) is 0 Å². The lowest BCUT2D eigenvalue weighted by molar-refractivity contribution is 0.151. The highest BCUT2D eigenvalue weighted by atomic mass is 19.3. The van der Waals surface area contributed by atoms with Crippen LogP contribution in [0.3, 0.4) is 0 Å². The van der Waals surface area contributed by atoms with Crippen molar-refractivity contribution >= 4 is 0 Å². The van der Waals surface area contributed by atoms with Gasteiger partial charge in [-0.05, 0) is 23.6 Å². The molecule has 0 saturated heterocycles. The Kier molecular flexibility index (Phi) is 5.84. The first-order valence-corrected chi connectivity index (χ1v) is 6.94. The molecule has 21 heavy (non-hydrogen) atoms. The van der Waals surface area contributed by atoms with Crippen LogP contribution in [0.5, 0.6) is 0 Å². The average molecular weight is 291 g/mol. The number of aliphatic hydroxyl groups is 1. The number of aliphatic hydroxyl groups excluding tert-OH is 1. The molecule has 0 aliphatic carbocycles. The summed E-state index contributed by atoms with van der Waals surface area (Å²) in [5.74, 6) is 0. The largest absolute Gasteiger partial charge is 0.395 e. The first-order valence-electron chi connectivity index (χ1n) is 6.94. The van der Waals surface area contributed by atoms with Crippen molar-refractivity contribution in [1.82, 2.24) is 5.32 Å². The summed E-state index contributed by atoms with van der Waals surface area (Å²) in [6, 6.07) is 16.1. The molecule has 1 atom stereocenters. The summed E-state index contributed by atoms with van der Waals surface area (Å²) >= 11 is 0. The maximum absolute atomic E-state index is 12.6. The number of nitrogens with one attached hydrogen (secondary N) is 1. The molecule has 0 aromatic heterocycles. The zero-order valence-electron chi connectivity index (χ0n) is 11.7. The summed E-state index contributed by atoms with van der Waals surface area (Å²) in [6.45, 7) is 0.460. The molecule has 0 unspecified atom stereocenters. The monoisotopic (exact) mass is 291 g/mol. The van der Waals surface area contributed by atoms with Crippen LogP contribution in [0.2, 0.25) is 0 Å². The molecule has 0 saturated carbocycles. The van der Waals surface area contributed by atoms with Crippen LogP contribution < -0.4 is 5.32 Å². The van der Waals surface area contributed by atoms with Crippen molar-refractivity contribution in [2.24, 2.45) is 0 Å². The van der Waals surface area contributed by atoms with Crippen LogP contribution in [0.15, 0.2) is 54.6 Å². The minimum atomic E-state index is -2.46. The molecule has 2 N–H and O–H groups in total. The minimum absolute atomic E-state index is 0.00340. The third-order valence-electron chi connectivity index (χ3n) is 3.34. The summed E-state index contributed by atoms with van der Waals surface area (Å²) in [5, 5.41) is 12.6. The molecular formula is C17H19F2NO. The third-order valence-corrected chi connectivity index (χ3v) is 3.34. The summed E-state index contributed by atoms with van der Waals surface area (Å²) in [6.07, 6.45) is -1.76. The SMILES string of the molecule is OC[C@@H](Cc1ccccc1)NCc1cccc(C(F)F)c1. The zero-order valence-corrected chi connectivity index (χ0v) is 11.7. The van der Waals surface area contributed by atoms with Crippen molar-refractivity contribution in [3.05, 3.63) is 71.3 Å². The lowest BCUT2D eigenvalue weighted by Crippen LogP contribution is -2.34. The van der Waals surface area contributed by atoms with E-state index in [9.17, 15) is 13.9 Å². The first kappa shape index (κ1) is 15.6. The van der Waals surface area contributed by atoms with Crippen LogP contribution in [-0.2, 0) is 13.0 Å². The van der Waals surface area contributed by atoms with Crippen molar-refractivity contribution in [1.29, 1.82) is 0 Å². The van der Waals surface area contributed by atoms with Crippen LogP contribution in [0.25, 0.3) is 0 Å². The Hall–Kier alpha value is -1.78. The quantitative estimate of drug-likeness (QED) is 0.820. The topological polar surface area (TPSA) is 32.3 Å². The maximum atomic E-state index is 12.6. The van der Waals surface area contributed by atoms with Gasteiger partial charge < -0.3 is 10.4 Å². The molecule has 2 nitrogen and oxygen atoms in total. The van der Waals surface area contributed by atoms with E-state index in [1.165, 1.54) is 12.1 Å². The molecule has 0 fully saturated rings. The predicted molar refractivity (Wildman–Crippen MR) is 79.3 cm³/mol. The lowest BCUT2D eigenvalue weighted by Gasteiger charge is -2.16. The molecule has 0 radical (unpaired) electrons. The summed E-state index contributed by atoms with van der Waals surface area (Å²) in [5.41, 5.74) is 1.95. The van der Waals surface area contributed by atoms with E-state index in [2.05, 4.69) is 5.32 Å². The van der Waals surface area contributed by atoms with E-state index in [0.29, 0.717) is 13.0 Å². The summed E-state index contributed by atoms with van der Waals surface area (Å²) in [4.78, 5) is 0. The number of alkyl halides is 2. The molecule has 0 heterocycles. The molecule has 0 spiro atoms. The molecule has 0 aliphatic heterocycles. The Morgan fingerprint density at radius 3 is 2.33 bits per heavy atom. The van der Waals surface area contributed by atoms with Gasteiger partial charge in [-0.25, -0.2) is 8.78 Å². The number of benzene rings is 2. The zero-order chi connectivity index (χ0) is 15.1. The molecule has 2 aromatic rings. The van der Waals surface area contributed by atoms with Crippen LogP contribution in [0.4, 0.5) is 8.78 Å². The van der Waals surface area contributed by atoms with Gasteiger partial charge in [-0.1, -0.05) is 48.5 Å². The van der Waals surface area contributed by atoms with Crippen LogP contribution in [0.1, 0.15) is 23.1 Å². The van der Waals surface area contributed by atoms with Gasteiger partial charge in [-0.3, -0.25) is 0 Å². The Bertz CT molecular complexity index is 545. The smallest absolute Gasteiger partial charge is 0.263 e. The van der Waals surface area contributed by atoms with Crippen molar-refractivity contribution in [2.45, 2.75) is 25.4 Å². The summed E-state index contributed by atoms with van der Waals surface area (Å²) < 4.78 is 25.3. The van der Waals surface area contributed by atoms with Gasteiger partial charge in [-0.15, -0.1) is 0 Å². The molecule has 0 bridgehead atoms. The molecule has 2 aromatic carbocycles. The van der Waals surface area contributed by atoms with Crippen molar-refractivity contribution < 1.29 is 13.9 Å². The highest BCUT2D eigenvalue weighted by Gasteiger charge is 2.10. The average Bonchev–Trinajstić information content (AvgIpc) is 2.52. The van der Waals surface area contributed by atoms with Crippen LogP contribution in [-0.4, -0.2) is 17.8 Å². The Labute approximate surface area is 123 Å². The molecule has 0 amide bonds. The van der Waals surface area contributed by atoms with E-state index in [0.717, 1.165) is 11.1 Å². The van der Waals surface area contributed by atoms with Crippen LogP contribution in [0, 0.1) is 0 Å². The van der Waals surface area contributed by atoms with Gasteiger partial charge in [0.05, 0.1) is 6.61 Å². The second kappa shape index (κ2) is 7.86. The molecule has 112 valence electrons. The van der Waals surface area contributed by atoms with Gasteiger partial charge in [0, 0.05) is 18.2 Å². The second-order valence-electron chi connectivity index (χ2n) is 5.00. The van der Waals surface area contributed by atoms with Gasteiger partial charge in [-0.2, -0.15) is 0 Å². The predicted octanol–water partition coefficient (Wildman–Crippen LogP) is 3.32. The molecular weight excluding hydrogens is 272 g/mol. The highest BCUT2D eigenvalue weighted by Crippen LogP contribution is 2.19. The Balaban J connectivity index is 1.92. The third kappa shape index (κ3) is 4.92. The molecule has 0 aliphatic rings. The van der Waals surface area contributed by atoms with Crippen molar-refractivity contribution in [2.75, 3.05) is 6.61 Å². The van der Waals surface area contributed by atoms with Gasteiger partial charge in [0.25, 0.3) is 6.43 Å². The Morgan fingerprint density at radius 2 is 1.67 bits per heavy atom. The number of rotatable bonds is 7. The summed E-state index contributed by atoms with van der Waals surface area (Å²) in [7, 11) is 0. The fourth-order valence-electron chi connectivity index (χ4n) is 2.20. The van der Waals surface area contributed by atoms with E-state index < -0.39 is 6.43 Å². The normalized spacial score (nSPS) is 12.6. The minimum Gasteiger partial charge on any atom is -0.395 e. The number of hydrogen-bond donors (Lipinski definition) is 2. The highest BCUT2D eigenvalue weighted by molar-refractivity contribution is 5.24. The number of hydrogen-bond acceptors (Lipinski definition) is 2. The van der Waals surface area contributed by atoms with Gasteiger partial charge in [0.1, 0.15) is 0 Å². The number of halogens is 2. The van der Waals surface area contributed by atoms with E-state index in [1.807, 2.05) is 30.3 Å². The first-order chi connectivity index (χ1) is 10.2. The lowest BCUT2D eigenvalue weighted by atomic mass is 10.1. The van der Waals surface area contributed by atoms with Crippen molar-refractivity contribution in [3.8, 4) is 0 Å². The van der Waals surface area contributed by atoms with E-state index >= 15 is 0 Å². The Morgan fingerprint density at radius 1 is 0.952 bits per heavy atom. The van der Waals surface area contributed by atoms with Crippen LogP contribution >= 0.6 is 0 Å². The standard InChI is InChI=1S/C17H19F2NO/c18-17(19)15-8-4-7-14(9-15)11-20-16(12-21)10-13-5-2-1-3-6-13/h1-9,16-17,20-21H,10-12H2/t16-/m1/s1. The second-order valence-corrected chi connectivity index (χ2v) is 5.00. The van der Waals surface area contributed by atoms with Gasteiger partial charge >= 0.3 is 0 Å². The molecule has 2 rings (SSSR count). The molecule has 4 heteroatoms. The fraction of sp³-hybridized carbons (Fsp3) is 0.294. The van der Waals surface area contributed by atoms with E-state index in [-0.39, 0.29) is 18.2 Å². The fourth-order valence-corrected chi connectivity index (χ4v) is 2.20. The van der Waals surface area contributed by atoms with Gasteiger partial charge in [0.15, 0.2) is 0 Å². The maximum Gasteiger partial charge on any atom is 0.263 e. The van der Waals surface area contributed by atoms with E-state index in [1.54, 1.807) is 12.1 Å². The van der Waals surface area contributed by atoms with E-state index in [4.69, 9.17) is 0 Å². The van der Waals surface area contributed by atoms with Gasteiger partial charge in [0.2, 0.25) is 0 Å².